The maximum absolute atomic E-state index is 13.5. The number of aromatic nitrogens is 2. The van der Waals surface area contributed by atoms with Crippen molar-refractivity contribution >= 4 is 40.7 Å². The van der Waals surface area contributed by atoms with Crippen molar-refractivity contribution in [1.29, 1.82) is 0 Å². The number of carbonyl (C=O) groups excluding carboxylic acids is 3. The van der Waals surface area contributed by atoms with Gasteiger partial charge in [-0.15, -0.1) is 0 Å². The third-order valence-electron chi connectivity index (χ3n) is 6.27. The van der Waals surface area contributed by atoms with E-state index >= 15 is 0 Å². The summed E-state index contributed by atoms with van der Waals surface area (Å²) in [7, 11) is 3.24. The van der Waals surface area contributed by atoms with Gasteiger partial charge in [-0.1, -0.05) is 47.2 Å². The molecule has 5 rings (SSSR count). The maximum Gasteiger partial charge on any atom is 0.261 e. The summed E-state index contributed by atoms with van der Waals surface area (Å²) in [6, 6.07) is 13.5. The van der Waals surface area contributed by atoms with E-state index in [2.05, 4.69) is 10.4 Å². The van der Waals surface area contributed by atoms with Crippen molar-refractivity contribution in [3.63, 3.8) is 0 Å². The lowest BCUT2D eigenvalue weighted by atomic mass is 10.0. The number of fused-ring (bicyclic) bond motifs is 1. The zero-order chi connectivity index (χ0) is 27.0. The summed E-state index contributed by atoms with van der Waals surface area (Å²) in [5.74, 6) is -1.65. The molecule has 11 heteroatoms. The third kappa shape index (κ3) is 4.80. The summed E-state index contributed by atoms with van der Waals surface area (Å²) in [6.45, 7) is -0.0572. The van der Waals surface area contributed by atoms with Gasteiger partial charge in [0, 0.05) is 13.6 Å². The van der Waals surface area contributed by atoms with Crippen LogP contribution in [0.4, 0.5) is 4.39 Å². The van der Waals surface area contributed by atoms with Crippen LogP contribution in [-0.4, -0.2) is 52.1 Å². The van der Waals surface area contributed by atoms with E-state index in [1.807, 2.05) is 0 Å². The molecule has 1 aliphatic rings. The molecule has 2 aromatic carbocycles. The molecule has 3 heterocycles. The second-order valence-corrected chi connectivity index (χ2v) is 10.2. The van der Waals surface area contributed by atoms with E-state index in [4.69, 9.17) is 16.3 Å². The largest absolute Gasteiger partial charge is 0.487 e. The van der Waals surface area contributed by atoms with Gasteiger partial charge in [0.05, 0.1) is 51.6 Å². The number of halogens is 2. The molecule has 0 radical (unpaired) electrons. The Morgan fingerprint density at radius 2 is 1.76 bits per heavy atom. The summed E-state index contributed by atoms with van der Waals surface area (Å²) in [5, 5.41) is 8.00. The fourth-order valence-electron chi connectivity index (χ4n) is 4.46. The molecular weight excluding hydrogens is 531 g/mol. The minimum absolute atomic E-state index is 0.0572. The highest BCUT2D eigenvalue weighted by atomic mass is 35.5. The molecule has 0 unspecified atom stereocenters. The number of aryl methyl sites for hydroxylation is 1. The number of ether oxygens (including phenoxy) is 1. The minimum atomic E-state index is -0.646. The molecule has 0 fully saturated rings. The maximum atomic E-state index is 13.5. The van der Waals surface area contributed by atoms with Gasteiger partial charge in [-0.05, 0) is 42.3 Å². The summed E-state index contributed by atoms with van der Waals surface area (Å²) < 4.78 is 20.6. The zero-order valence-electron chi connectivity index (χ0n) is 20.4. The average Bonchev–Trinajstić information content (AvgIpc) is 3.55. The lowest BCUT2D eigenvalue weighted by molar-refractivity contribution is 0.0629. The second-order valence-electron chi connectivity index (χ2n) is 8.75. The van der Waals surface area contributed by atoms with Crippen molar-refractivity contribution in [2.45, 2.75) is 12.5 Å². The normalized spacial score (nSPS) is 13.5. The SMILES string of the molecule is COc1sc(C(=O)N[C@@H](Cc2ccc(F)cc2)CN2C(=O)c3ccccc3C2=O)cc1-c1c(Cl)cnn1C. The van der Waals surface area contributed by atoms with Crippen molar-refractivity contribution in [3.8, 4) is 16.3 Å². The van der Waals surface area contributed by atoms with E-state index < -0.39 is 23.8 Å². The fraction of sp³-hybridized carbons (Fsp3) is 0.185. The number of benzene rings is 2. The predicted molar refractivity (Wildman–Crippen MR) is 141 cm³/mol. The first-order valence-electron chi connectivity index (χ1n) is 11.6. The third-order valence-corrected chi connectivity index (χ3v) is 7.64. The van der Waals surface area contributed by atoms with Crippen molar-refractivity contribution in [1.82, 2.24) is 20.0 Å². The van der Waals surface area contributed by atoms with Crippen LogP contribution in [0.25, 0.3) is 11.3 Å². The van der Waals surface area contributed by atoms with E-state index in [0.717, 1.165) is 21.8 Å². The highest BCUT2D eigenvalue weighted by Gasteiger charge is 2.37. The number of hydrogen-bond acceptors (Lipinski definition) is 6. The molecule has 1 aliphatic heterocycles. The summed E-state index contributed by atoms with van der Waals surface area (Å²) in [4.78, 5) is 40.9. The van der Waals surface area contributed by atoms with Crippen LogP contribution in [0.1, 0.15) is 36.0 Å². The van der Waals surface area contributed by atoms with Gasteiger partial charge in [-0.25, -0.2) is 4.39 Å². The van der Waals surface area contributed by atoms with Crippen LogP contribution < -0.4 is 10.1 Å². The number of nitrogens with zero attached hydrogens (tertiary/aromatic N) is 3. The molecule has 38 heavy (non-hydrogen) atoms. The predicted octanol–water partition coefficient (Wildman–Crippen LogP) is 4.59. The highest BCUT2D eigenvalue weighted by Crippen LogP contribution is 2.40. The van der Waals surface area contributed by atoms with Crippen LogP contribution in [0, 0.1) is 5.82 Å². The Balaban J connectivity index is 1.42. The van der Waals surface area contributed by atoms with Gasteiger partial charge in [0.1, 0.15) is 5.82 Å². The number of hydrogen-bond donors (Lipinski definition) is 1. The van der Waals surface area contributed by atoms with E-state index in [1.54, 1.807) is 54.2 Å². The number of carbonyl (C=O) groups is 3. The molecule has 0 aliphatic carbocycles. The number of nitrogens with one attached hydrogen (secondary N) is 1. The molecule has 3 amide bonds. The van der Waals surface area contributed by atoms with Gasteiger partial charge in [-0.2, -0.15) is 5.10 Å². The Morgan fingerprint density at radius 3 is 2.34 bits per heavy atom. The van der Waals surface area contributed by atoms with E-state index in [0.29, 0.717) is 37.3 Å². The lowest BCUT2D eigenvalue weighted by Crippen LogP contribution is -2.46. The van der Waals surface area contributed by atoms with Crippen LogP contribution in [0.15, 0.2) is 60.8 Å². The van der Waals surface area contributed by atoms with Crippen molar-refractivity contribution in [3.05, 3.63) is 93.2 Å². The van der Waals surface area contributed by atoms with Gasteiger partial charge in [0.2, 0.25) is 0 Å². The van der Waals surface area contributed by atoms with Gasteiger partial charge < -0.3 is 10.1 Å². The van der Waals surface area contributed by atoms with Crippen molar-refractivity contribution in [2.75, 3.05) is 13.7 Å². The van der Waals surface area contributed by atoms with E-state index in [-0.39, 0.29) is 18.8 Å². The lowest BCUT2D eigenvalue weighted by Gasteiger charge is -2.24. The van der Waals surface area contributed by atoms with Crippen molar-refractivity contribution < 1.29 is 23.5 Å². The molecular formula is C27H22ClFN4O4S. The van der Waals surface area contributed by atoms with Crippen LogP contribution in [0.3, 0.4) is 0 Å². The molecule has 4 aromatic rings. The van der Waals surface area contributed by atoms with Crippen LogP contribution in [0.2, 0.25) is 5.02 Å². The quantitative estimate of drug-likeness (QED) is 0.323. The number of amides is 3. The highest BCUT2D eigenvalue weighted by molar-refractivity contribution is 7.16. The molecule has 0 spiro atoms. The molecule has 194 valence electrons. The monoisotopic (exact) mass is 552 g/mol. The van der Waals surface area contributed by atoms with Crippen molar-refractivity contribution in [2.24, 2.45) is 7.05 Å². The Morgan fingerprint density at radius 1 is 1.11 bits per heavy atom. The Kier molecular flexibility index (Phi) is 7.00. The standard InChI is InChI=1S/C27H22ClFN4O4S/c1-32-23(21(28)13-30-32)20-12-22(38-27(20)37-2)24(34)31-17(11-15-7-9-16(29)10-8-15)14-33-25(35)18-5-3-4-6-19(18)26(33)36/h3-10,12-13,17H,11,14H2,1-2H3,(H,31,34)/t17-/m0/s1. The summed E-state index contributed by atoms with van der Waals surface area (Å²) in [5.41, 5.74) is 2.60. The molecule has 1 N–H and O–H groups in total. The molecule has 1 atom stereocenters. The fourth-order valence-corrected chi connectivity index (χ4v) is 5.61. The van der Waals surface area contributed by atoms with Gasteiger partial charge in [0.25, 0.3) is 17.7 Å². The first-order chi connectivity index (χ1) is 18.3. The van der Waals surface area contributed by atoms with Gasteiger partial charge in [0.15, 0.2) is 5.06 Å². The minimum Gasteiger partial charge on any atom is -0.487 e. The first kappa shape index (κ1) is 25.6. The Hall–Kier alpha value is -4.02. The van der Waals surface area contributed by atoms with E-state index in [1.165, 1.54) is 25.4 Å². The van der Waals surface area contributed by atoms with E-state index in [9.17, 15) is 18.8 Å². The summed E-state index contributed by atoms with van der Waals surface area (Å²) in [6.07, 6.45) is 1.77. The number of methoxy groups -OCH3 is 1. The number of rotatable bonds is 8. The summed E-state index contributed by atoms with van der Waals surface area (Å²) >= 11 is 7.45. The Bertz CT molecular complexity index is 1490. The van der Waals surface area contributed by atoms with Gasteiger partial charge in [-0.3, -0.25) is 24.0 Å². The van der Waals surface area contributed by atoms with Crippen LogP contribution >= 0.6 is 22.9 Å². The Labute approximate surface area is 226 Å². The molecule has 0 saturated carbocycles. The van der Waals surface area contributed by atoms with Crippen LogP contribution in [0.5, 0.6) is 5.06 Å². The number of thiophene rings is 1. The smallest absolute Gasteiger partial charge is 0.261 e. The molecule has 0 bridgehead atoms. The van der Waals surface area contributed by atoms with Crippen LogP contribution in [-0.2, 0) is 13.5 Å². The second kappa shape index (κ2) is 10.4. The first-order valence-corrected chi connectivity index (χ1v) is 12.8. The zero-order valence-corrected chi connectivity index (χ0v) is 22.0. The molecule has 2 aromatic heterocycles. The molecule has 8 nitrogen and oxygen atoms in total. The van der Waals surface area contributed by atoms with Gasteiger partial charge >= 0.3 is 0 Å². The molecule has 0 saturated heterocycles. The topological polar surface area (TPSA) is 93.5 Å². The number of imide groups is 1. The average molecular weight is 553 g/mol.